The van der Waals surface area contributed by atoms with Crippen LogP contribution in [0.15, 0.2) is 0 Å². The Balaban J connectivity index is 2.79. The standard InChI is InChI=1S/C11H21NO2/c1-5-9-6-10(7(2)13)12(4)11(9)8(3)14/h8-11,14H,5-6H2,1-4H3/t8?,9-,10-,11+/m1/s1. The van der Waals surface area contributed by atoms with Crippen LogP contribution in [0.5, 0.6) is 0 Å². The predicted molar refractivity (Wildman–Crippen MR) is 56.1 cm³/mol. The van der Waals surface area contributed by atoms with Gasteiger partial charge in [0.1, 0.15) is 5.78 Å². The summed E-state index contributed by atoms with van der Waals surface area (Å²) in [5, 5.41) is 9.67. The van der Waals surface area contributed by atoms with Crippen molar-refractivity contribution >= 4 is 5.78 Å². The van der Waals surface area contributed by atoms with Crippen LogP contribution in [0.4, 0.5) is 0 Å². The summed E-state index contributed by atoms with van der Waals surface area (Å²) in [7, 11) is 1.94. The smallest absolute Gasteiger partial charge is 0.146 e. The molecule has 1 aliphatic heterocycles. The average Bonchev–Trinajstić information content (AvgIpc) is 2.42. The molecule has 3 heteroatoms. The van der Waals surface area contributed by atoms with Gasteiger partial charge in [-0.15, -0.1) is 0 Å². The van der Waals surface area contributed by atoms with E-state index in [0.717, 1.165) is 12.8 Å². The molecule has 1 heterocycles. The summed E-state index contributed by atoms with van der Waals surface area (Å²) in [4.78, 5) is 13.4. The van der Waals surface area contributed by atoms with Gasteiger partial charge in [-0.1, -0.05) is 13.3 Å². The maximum Gasteiger partial charge on any atom is 0.146 e. The predicted octanol–water partition coefficient (Wildman–Crippen LogP) is 1.06. The van der Waals surface area contributed by atoms with Crippen molar-refractivity contribution in [3.63, 3.8) is 0 Å². The topological polar surface area (TPSA) is 40.5 Å². The van der Waals surface area contributed by atoms with Gasteiger partial charge in [0.25, 0.3) is 0 Å². The summed E-state index contributed by atoms with van der Waals surface area (Å²) < 4.78 is 0. The van der Waals surface area contributed by atoms with E-state index in [4.69, 9.17) is 0 Å². The Bertz CT molecular complexity index is 215. The number of Topliss-reactive ketones (excluding diaryl/α,β-unsaturated/α-hetero) is 1. The van der Waals surface area contributed by atoms with Crippen LogP contribution in [0.1, 0.15) is 33.6 Å². The summed E-state index contributed by atoms with van der Waals surface area (Å²) >= 11 is 0. The molecule has 0 aromatic heterocycles. The lowest BCUT2D eigenvalue weighted by atomic mass is 9.93. The van der Waals surface area contributed by atoms with Gasteiger partial charge in [-0.2, -0.15) is 0 Å². The Morgan fingerprint density at radius 3 is 2.50 bits per heavy atom. The van der Waals surface area contributed by atoms with Gasteiger partial charge in [0.15, 0.2) is 0 Å². The van der Waals surface area contributed by atoms with Crippen molar-refractivity contribution in [2.45, 2.75) is 51.8 Å². The van der Waals surface area contributed by atoms with Gasteiger partial charge < -0.3 is 5.11 Å². The van der Waals surface area contributed by atoms with Crippen LogP contribution >= 0.6 is 0 Å². The highest BCUT2D eigenvalue weighted by molar-refractivity contribution is 5.81. The molecule has 82 valence electrons. The van der Waals surface area contributed by atoms with Crippen LogP contribution in [0.3, 0.4) is 0 Å². The molecule has 1 unspecified atom stereocenters. The first kappa shape index (κ1) is 11.7. The number of aliphatic hydroxyl groups is 1. The molecule has 0 radical (unpaired) electrons. The molecule has 0 aromatic carbocycles. The lowest BCUT2D eigenvalue weighted by molar-refractivity contribution is -0.121. The van der Waals surface area contributed by atoms with E-state index in [1.165, 1.54) is 0 Å². The van der Waals surface area contributed by atoms with Crippen molar-refractivity contribution < 1.29 is 9.90 Å². The lowest BCUT2D eigenvalue weighted by Gasteiger charge is -2.28. The van der Waals surface area contributed by atoms with Crippen molar-refractivity contribution in [3.8, 4) is 0 Å². The number of likely N-dealkylation sites (N-methyl/N-ethyl adjacent to an activating group) is 1. The molecule has 1 fully saturated rings. The molecule has 14 heavy (non-hydrogen) atoms. The minimum Gasteiger partial charge on any atom is -0.392 e. The number of carbonyl (C=O) groups excluding carboxylic acids is 1. The molecule has 0 saturated carbocycles. The van der Waals surface area contributed by atoms with Gasteiger partial charge in [0, 0.05) is 6.04 Å². The second-order valence-electron chi connectivity index (χ2n) is 4.43. The van der Waals surface area contributed by atoms with E-state index in [1.54, 1.807) is 6.92 Å². The second kappa shape index (κ2) is 4.41. The summed E-state index contributed by atoms with van der Waals surface area (Å²) in [5.41, 5.74) is 0. The average molecular weight is 199 g/mol. The number of hydrogen-bond donors (Lipinski definition) is 1. The fraction of sp³-hybridized carbons (Fsp3) is 0.909. The van der Waals surface area contributed by atoms with Gasteiger partial charge in [-0.3, -0.25) is 9.69 Å². The van der Waals surface area contributed by atoms with E-state index in [9.17, 15) is 9.90 Å². The van der Waals surface area contributed by atoms with Gasteiger partial charge in [0.2, 0.25) is 0 Å². The molecule has 1 rings (SSSR count). The third kappa shape index (κ3) is 1.98. The number of aliphatic hydroxyl groups excluding tert-OH is 1. The van der Waals surface area contributed by atoms with Gasteiger partial charge in [0.05, 0.1) is 12.1 Å². The van der Waals surface area contributed by atoms with E-state index >= 15 is 0 Å². The number of nitrogens with zero attached hydrogens (tertiary/aromatic N) is 1. The van der Waals surface area contributed by atoms with Crippen LogP contribution in [0.2, 0.25) is 0 Å². The summed E-state index contributed by atoms with van der Waals surface area (Å²) in [6.45, 7) is 5.57. The molecule has 0 aromatic rings. The molecule has 1 N–H and O–H groups in total. The van der Waals surface area contributed by atoms with E-state index in [0.29, 0.717) is 5.92 Å². The number of rotatable bonds is 3. The third-order valence-corrected chi connectivity index (χ3v) is 3.46. The van der Waals surface area contributed by atoms with Crippen LogP contribution in [-0.4, -0.2) is 41.0 Å². The zero-order chi connectivity index (χ0) is 10.9. The van der Waals surface area contributed by atoms with E-state index in [2.05, 4.69) is 6.92 Å². The Labute approximate surface area is 86.1 Å². The monoisotopic (exact) mass is 199 g/mol. The lowest BCUT2D eigenvalue weighted by Crippen LogP contribution is -2.43. The molecule has 0 aliphatic carbocycles. The molecule has 0 spiro atoms. The molecular formula is C11H21NO2. The third-order valence-electron chi connectivity index (χ3n) is 3.46. The maximum absolute atomic E-state index is 11.4. The first-order valence-corrected chi connectivity index (χ1v) is 5.39. The molecule has 1 aliphatic rings. The fourth-order valence-electron chi connectivity index (χ4n) is 2.73. The Kier molecular flexibility index (Phi) is 3.67. The molecule has 4 atom stereocenters. The highest BCUT2D eigenvalue weighted by atomic mass is 16.3. The van der Waals surface area contributed by atoms with Crippen molar-refractivity contribution in [1.29, 1.82) is 0 Å². The first-order valence-electron chi connectivity index (χ1n) is 5.39. The van der Waals surface area contributed by atoms with Crippen molar-refractivity contribution in [3.05, 3.63) is 0 Å². The van der Waals surface area contributed by atoms with Crippen LogP contribution in [0, 0.1) is 5.92 Å². The van der Waals surface area contributed by atoms with Gasteiger partial charge in [-0.25, -0.2) is 0 Å². The second-order valence-corrected chi connectivity index (χ2v) is 4.43. The number of likely N-dealkylation sites (tertiary alicyclic amines) is 1. The van der Waals surface area contributed by atoms with Crippen molar-refractivity contribution in [2.24, 2.45) is 5.92 Å². The van der Waals surface area contributed by atoms with Crippen molar-refractivity contribution in [2.75, 3.05) is 7.05 Å². The van der Waals surface area contributed by atoms with Crippen molar-refractivity contribution in [1.82, 2.24) is 4.90 Å². The van der Waals surface area contributed by atoms with Crippen LogP contribution in [0.25, 0.3) is 0 Å². The van der Waals surface area contributed by atoms with Gasteiger partial charge >= 0.3 is 0 Å². The molecule has 0 bridgehead atoms. The highest BCUT2D eigenvalue weighted by Crippen LogP contribution is 2.33. The first-order chi connectivity index (χ1) is 6.49. The van der Waals surface area contributed by atoms with Gasteiger partial charge in [-0.05, 0) is 33.2 Å². The highest BCUT2D eigenvalue weighted by Gasteiger charge is 2.41. The Hall–Kier alpha value is -0.410. The van der Waals surface area contributed by atoms with E-state index < -0.39 is 0 Å². The Morgan fingerprint density at radius 1 is 1.64 bits per heavy atom. The molecule has 3 nitrogen and oxygen atoms in total. The summed E-state index contributed by atoms with van der Waals surface area (Å²) in [6.07, 6.45) is 1.58. The zero-order valence-electron chi connectivity index (χ0n) is 9.53. The SMILES string of the molecule is CC[C@@H]1C[C@H](C(C)=O)N(C)[C@H]1C(C)O. The molecule has 0 amide bonds. The Morgan fingerprint density at radius 2 is 2.21 bits per heavy atom. The number of hydrogen-bond acceptors (Lipinski definition) is 3. The van der Waals surface area contributed by atoms with Crippen LogP contribution < -0.4 is 0 Å². The summed E-state index contributed by atoms with van der Waals surface area (Å²) in [6, 6.07) is 0.161. The maximum atomic E-state index is 11.4. The number of carbonyl (C=O) groups is 1. The minimum absolute atomic E-state index is 0.0135. The molecule has 1 saturated heterocycles. The zero-order valence-corrected chi connectivity index (χ0v) is 9.53. The normalized spacial score (nSPS) is 35.9. The van der Waals surface area contributed by atoms with Crippen LogP contribution in [-0.2, 0) is 4.79 Å². The van der Waals surface area contributed by atoms with E-state index in [-0.39, 0.29) is 24.0 Å². The quantitative estimate of drug-likeness (QED) is 0.738. The summed E-state index contributed by atoms with van der Waals surface area (Å²) in [5.74, 6) is 0.669. The minimum atomic E-state index is -0.353. The van der Waals surface area contributed by atoms with E-state index in [1.807, 2.05) is 18.9 Å². The fourth-order valence-corrected chi connectivity index (χ4v) is 2.73. The molecular weight excluding hydrogens is 178 g/mol. The number of ketones is 1. The largest absolute Gasteiger partial charge is 0.392 e.